The molecule has 1 aromatic rings. The Kier molecular flexibility index (Phi) is 5.60. The van der Waals surface area contributed by atoms with Crippen molar-refractivity contribution < 1.29 is 19.2 Å². The minimum absolute atomic E-state index is 0.0483. The maximum atomic E-state index is 11.4. The van der Waals surface area contributed by atoms with Gasteiger partial charge < -0.3 is 15.8 Å². The molecule has 0 unspecified atom stereocenters. The van der Waals surface area contributed by atoms with Crippen LogP contribution in [0.1, 0.15) is 5.56 Å². The maximum absolute atomic E-state index is 11.4. The van der Waals surface area contributed by atoms with Crippen LogP contribution in [0.3, 0.4) is 0 Å². The second kappa shape index (κ2) is 7.19. The van der Waals surface area contributed by atoms with Gasteiger partial charge in [-0.05, 0) is 5.56 Å². The molecule has 0 fully saturated rings. The summed E-state index contributed by atoms with van der Waals surface area (Å²) < 4.78 is 4.64. The van der Waals surface area contributed by atoms with Crippen LogP contribution in [0.5, 0.6) is 0 Å². The Morgan fingerprint density at radius 2 is 2.00 bits per heavy atom. The molecular weight excluding hydrogens is 266 g/mol. The Hall–Kier alpha value is -2.48. The smallest absolute Gasteiger partial charge is 0.269 e. The number of nitrogens with one attached hydrogen (secondary N) is 1. The average Bonchev–Trinajstić information content (AvgIpc) is 2.38. The number of primary amides is 1. The molecule has 0 bridgehead atoms. The van der Waals surface area contributed by atoms with Gasteiger partial charge >= 0.3 is 0 Å². The molecule has 0 radical (unpaired) electrons. The number of non-ortho nitro benzene ring substituents is 1. The SMILES string of the molecule is COCC(=O)N[C@@H](Cc1ccc([N+](=O)[O-])cc1)C(N)=O. The molecule has 2 amide bonds. The Labute approximate surface area is 115 Å². The van der Waals surface area contributed by atoms with Gasteiger partial charge in [-0.25, -0.2) is 0 Å². The van der Waals surface area contributed by atoms with Crippen molar-refractivity contribution in [2.24, 2.45) is 5.73 Å². The van der Waals surface area contributed by atoms with Crippen LogP contribution in [0.25, 0.3) is 0 Å². The summed E-state index contributed by atoms with van der Waals surface area (Å²) in [5.41, 5.74) is 5.81. The summed E-state index contributed by atoms with van der Waals surface area (Å²) in [7, 11) is 1.36. The van der Waals surface area contributed by atoms with Crippen molar-refractivity contribution in [3.05, 3.63) is 39.9 Å². The van der Waals surface area contributed by atoms with Crippen molar-refractivity contribution in [2.75, 3.05) is 13.7 Å². The first-order chi connectivity index (χ1) is 9.43. The number of nitrogens with two attached hydrogens (primary N) is 1. The number of amides is 2. The molecule has 8 heteroatoms. The van der Waals surface area contributed by atoms with Gasteiger partial charge in [-0.15, -0.1) is 0 Å². The lowest BCUT2D eigenvalue weighted by Crippen LogP contribution is -2.46. The number of rotatable bonds is 7. The summed E-state index contributed by atoms with van der Waals surface area (Å²) in [6, 6.07) is 4.78. The second-order valence-corrected chi connectivity index (χ2v) is 4.08. The summed E-state index contributed by atoms with van der Waals surface area (Å²) in [4.78, 5) is 32.6. The van der Waals surface area contributed by atoms with Crippen LogP contribution in [0.4, 0.5) is 5.69 Å². The number of hydrogen-bond acceptors (Lipinski definition) is 5. The zero-order chi connectivity index (χ0) is 15.1. The van der Waals surface area contributed by atoms with Crippen molar-refractivity contribution in [3.8, 4) is 0 Å². The molecule has 0 saturated carbocycles. The number of nitro benzene ring substituents is 1. The van der Waals surface area contributed by atoms with Crippen LogP contribution in [-0.4, -0.2) is 36.5 Å². The summed E-state index contributed by atoms with van der Waals surface area (Å²) in [5, 5.41) is 13.0. The zero-order valence-electron chi connectivity index (χ0n) is 10.9. The number of nitrogens with zero attached hydrogens (tertiary/aromatic N) is 1. The predicted octanol–water partition coefficient (Wildman–Crippen LogP) is -0.246. The standard InChI is InChI=1S/C12H15N3O5/c1-20-7-11(16)14-10(12(13)17)6-8-2-4-9(5-3-8)15(18)19/h2-5,10H,6-7H2,1H3,(H2,13,17)(H,14,16)/t10-/m0/s1. The van der Waals surface area contributed by atoms with Crippen molar-refractivity contribution >= 4 is 17.5 Å². The summed E-state index contributed by atoms with van der Waals surface area (Å²) in [5.74, 6) is -1.15. The summed E-state index contributed by atoms with van der Waals surface area (Å²) >= 11 is 0. The first kappa shape index (κ1) is 15.6. The number of ether oxygens (including phenoxy) is 1. The molecule has 0 aliphatic carbocycles. The fraction of sp³-hybridized carbons (Fsp3) is 0.333. The van der Waals surface area contributed by atoms with Crippen molar-refractivity contribution in [1.29, 1.82) is 0 Å². The lowest BCUT2D eigenvalue weighted by atomic mass is 10.1. The van der Waals surface area contributed by atoms with Gasteiger partial charge in [0.1, 0.15) is 12.6 Å². The van der Waals surface area contributed by atoms with Crippen molar-refractivity contribution in [3.63, 3.8) is 0 Å². The van der Waals surface area contributed by atoms with E-state index in [0.29, 0.717) is 5.56 Å². The van der Waals surface area contributed by atoms with Crippen LogP contribution < -0.4 is 11.1 Å². The average molecular weight is 281 g/mol. The number of hydrogen-bond donors (Lipinski definition) is 2. The molecule has 0 spiro atoms. The van der Waals surface area contributed by atoms with Crippen molar-refractivity contribution in [1.82, 2.24) is 5.32 Å². The van der Waals surface area contributed by atoms with Crippen LogP contribution in [-0.2, 0) is 20.7 Å². The van der Waals surface area contributed by atoms with E-state index in [4.69, 9.17) is 5.73 Å². The molecule has 0 heterocycles. The Morgan fingerprint density at radius 1 is 1.40 bits per heavy atom. The number of benzene rings is 1. The molecule has 1 aromatic carbocycles. The Morgan fingerprint density at radius 3 is 2.45 bits per heavy atom. The normalized spacial score (nSPS) is 11.7. The van der Waals surface area contributed by atoms with E-state index in [1.165, 1.54) is 31.4 Å². The van der Waals surface area contributed by atoms with Gasteiger partial charge in [0.15, 0.2) is 0 Å². The molecule has 1 atom stereocenters. The lowest BCUT2D eigenvalue weighted by molar-refractivity contribution is -0.384. The third-order valence-corrected chi connectivity index (χ3v) is 2.54. The topological polar surface area (TPSA) is 125 Å². The van der Waals surface area contributed by atoms with Crippen LogP contribution in [0.15, 0.2) is 24.3 Å². The number of carbonyl (C=O) groups is 2. The van der Waals surface area contributed by atoms with Crippen LogP contribution in [0, 0.1) is 10.1 Å². The van der Waals surface area contributed by atoms with Crippen LogP contribution >= 0.6 is 0 Å². The Bertz CT molecular complexity index is 500. The minimum Gasteiger partial charge on any atom is -0.375 e. The molecular formula is C12H15N3O5. The fourth-order valence-electron chi connectivity index (χ4n) is 1.58. The first-order valence-electron chi connectivity index (χ1n) is 5.75. The van der Waals surface area contributed by atoms with Gasteiger partial charge in [-0.3, -0.25) is 19.7 Å². The third-order valence-electron chi connectivity index (χ3n) is 2.54. The van der Waals surface area contributed by atoms with E-state index in [1.807, 2.05) is 0 Å². The van der Waals surface area contributed by atoms with E-state index >= 15 is 0 Å². The number of nitro groups is 1. The molecule has 108 valence electrons. The van der Waals surface area contributed by atoms with Crippen LogP contribution in [0.2, 0.25) is 0 Å². The van der Waals surface area contributed by atoms with Crippen molar-refractivity contribution in [2.45, 2.75) is 12.5 Å². The highest BCUT2D eigenvalue weighted by atomic mass is 16.6. The van der Waals surface area contributed by atoms with E-state index in [-0.39, 0.29) is 18.7 Å². The van der Waals surface area contributed by atoms with E-state index in [1.54, 1.807) is 0 Å². The molecule has 0 aliphatic heterocycles. The zero-order valence-corrected chi connectivity index (χ0v) is 10.9. The highest BCUT2D eigenvalue weighted by molar-refractivity contribution is 5.87. The molecule has 8 nitrogen and oxygen atoms in total. The second-order valence-electron chi connectivity index (χ2n) is 4.08. The minimum atomic E-state index is -0.890. The fourth-order valence-corrected chi connectivity index (χ4v) is 1.58. The van der Waals surface area contributed by atoms with E-state index in [0.717, 1.165) is 0 Å². The molecule has 0 aliphatic rings. The molecule has 3 N–H and O–H groups in total. The van der Waals surface area contributed by atoms with E-state index in [2.05, 4.69) is 10.1 Å². The number of carbonyl (C=O) groups excluding carboxylic acids is 2. The van der Waals surface area contributed by atoms with Gasteiger partial charge in [0.05, 0.1) is 4.92 Å². The van der Waals surface area contributed by atoms with Gasteiger partial charge in [0.2, 0.25) is 11.8 Å². The molecule has 0 aromatic heterocycles. The molecule has 1 rings (SSSR count). The van der Waals surface area contributed by atoms with E-state index < -0.39 is 22.8 Å². The van der Waals surface area contributed by atoms with Gasteiger partial charge in [-0.2, -0.15) is 0 Å². The molecule has 0 saturated heterocycles. The lowest BCUT2D eigenvalue weighted by Gasteiger charge is -2.15. The largest absolute Gasteiger partial charge is 0.375 e. The van der Waals surface area contributed by atoms with Gasteiger partial charge in [0, 0.05) is 25.7 Å². The van der Waals surface area contributed by atoms with E-state index in [9.17, 15) is 19.7 Å². The predicted molar refractivity (Wildman–Crippen MR) is 69.8 cm³/mol. The van der Waals surface area contributed by atoms with Gasteiger partial charge in [-0.1, -0.05) is 12.1 Å². The summed E-state index contributed by atoms with van der Waals surface area (Å²) in [6.45, 7) is -0.177. The first-order valence-corrected chi connectivity index (χ1v) is 5.75. The third kappa shape index (κ3) is 4.65. The Balaban J connectivity index is 2.72. The highest BCUT2D eigenvalue weighted by Gasteiger charge is 2.18. The molecule has 20 heavy (non-hydrogen) atoms. The highest BCUT2D eigenvalue weighted by Crippen LogP contribution is 2.13. The summed E-state index contributed by atoms with van der Waals surface area (Å²) in [6.07, 6.45) is 0.156. The monoisotopic (exact) mass is 281 g/mol. The maximum Gasteiger partial charge on any atom is 0.269 e. The number of methoxy groups -OCH3 is 1. The van der Waals surface area contributed by atoms with Gasteiger partial charge in [0.25, 0.3) is 5.69 Å². The quantitative estimate of drug-likeness (QED) is 0.527.